The topological polar surface area (TPSA) is 80.9 Å². The number of rotatable bonds is 7. The van der Waals surface area contributed by atoms with E-state index in [9.17, 15) is 4.79 Å². The molecule has 0 bridgehead atoms. The number of ether oxygens (including phenoxy) is 2. The summed E-state index contributed by atoms with van der Waals surface area (Å²) in [6.45, 7) is 5.40. The molecule has 7 nitrogen and oxygen atoms in total. The minimum absolute atomic E-state index is 0.0865. The lowest BCUT2D eigenvalue weighted by Crippen LogP contribution is -2.49. The Bertz CT molecular complexity index is 790. The van der Waals surface area contributed by atoms with Crippen LogP contribution in [0.25, 0.3) is 0 Å². The van der Waals surface area contributed by atoms with Crippen LogP contribution in [0.15, 0.2) is 36.5 Å². The number of amides is 1. The largest absolute Gasteiger partial charge is 0.493 e. The van der Waals surface area contributed by atoms with Crippen LogP contribution in [-0.4, -0.2) is 55.7 Å². The number of carbonyl (C=O) groups excluding carboxylic acids is 1. The van der Waals surface area contributed by atoms with Crippen molar-refractivity contribution in [1.82, 2.24) is 9.88 Å². The maximum Gasteiger partial charge on any atom is 0.256 e. The molecule has 3 rings (SSSR count). The van der Waals surface area contributed by atoms with E-state index in [-0.39, 0.29) is 5.91 Å². The summed E-state index contributed by atoms with van der Waals surface area (Å²) >= 11 is 0. The Morgan fingerprint density at radius 2 is 1.96 bits per heavy atom. The number of hydrogen-bond donors (Lipinski definition) is 1. The molecule has 150 valence electrons. The highest BCUT2D eigenvalue weighted by Crippen LogP contribution is 2.33. The Balaban J connectivity index is 1.69. The number of carbonyl (C=O) groups is 1. The number of unbranched alkanes of at least 4 members (excludes halogenated alkanes) is 1. The lowest BCUT2D eigenvalue weighted by molar-refractivity contribution is 0.0747. The second-order valence-corrected chi connectivity index (χ2v) is 6.76. The van der Waals surface area contributed by atoms with Gasteiger partial charge in [-0.3, -0.25) is 4.79 Å². The Hall–Kier alpha value is -2.96. The molecular formula is C21H28N4O3. The van der Waals surface area contributed by atoms with Gasteiger partial charge in [-0.15, -0.1) is 0 Å². The Morgan fingerprint density at radius 1 is 1.18 bits per heavy atom. The third kappa shape index (κ3) is 4.47. The van der Waals surface area contributed by atoms with Gasteiger partial charge in [-0.2, -0.15) is 0 Å². The standard InChI is InChI=1S/C21H28N4O3/c1-3-4-13-28-19-15-17(22)16(14-18(19)27-2)21(26)25-11-9-24(10-12-25)20-7-5-6-8-23-20/h5-8,14-15H,3-4,9-13,22H2,1-2H3. The summed E-state index contributed by atoms with van der Waals surface area (Å²) in [7, 11) is 1.57. The number of methoxy groups -OCH3 is 1. The first kappa shape index (κ1) is 19.8. The van der Waals surface area contributed by atoms with Gasteiger partial charge in [0.25, 0.3) is 5.91 Å². The van der Waals surface area contributed by atoms with Crippen molar-refractivity contribution in [3.63, 3.8) is 0 Å². The summed E-state index contributed by atoms with van der Waals surface area (Å²) in [5.74, 6) is 1.95. The third-order valence-corrected chi connectivity index (χ3v) is 4.86. The highest BCUT2D eigenvalue weighted by molar-refractivity contribution is 6.00. The van der Waals surface area contributed by atoms with Crippen LogP contribution in [0, 0.1) is 0 Å². The predicted molar refractivity (Wildman–Crippen MR) is 110 cm³/mol. The van der Waals surface area contributed by atoms with Crippen LogP contribution in [0.3, 0.4) is 0 Å². The molecule has 2 heterocycles. The highest BCUT2D eigenvalue weighted by atomic mass is 16.5. The number of benzene rings is 1. The van der Waals surface area contributed by atoms with E-state index in [1.54, 1.807) is 25.4 Å². The quantitative estimate of drug-likeness (QED) is 0.584. The maximum atomic E-state index is 13.0. The van der Waals surface area contributed by atoms with Crippen molar-refractivity contribution in [3.8, 4) is 11.5 Å². The number of anilines is 2. The Labute approximate surface area is 166 Å². The van der Waals surface area contributed by atoms with Gasteiger partial charge >= 0.3 is 0 Å². The van der Waals surface area contributed by atoms with E-state index in [1.807, 2.05) is 23.1 Å². The van der Waals surface area contributed by atoms with Crippen molar-refractivity contribution < 1.29 is 14.3 Å². The minimum atomic E-state index is -0.0865. The lowest BCUT2D eigenvalue weighted by atomic mass is 10.1. The van der Waals surface area contributed by atoms with E-state index in [0.29, 0.717) is 42.4 Å². The van der Waals surface area contributed by atoms with Crippen LogP contribution in [0.2, 0.25) is 0 Å². The molecule has 0 unspecified atom stereocenters. The summed E-state index contributed by atoms with van der Waals surface area (Å²) in [4.78, 5) is 21.4. The molecule has 0 saturated carbocycles. The number of nitrogens with zero attached hydrogens (tertiary/aromatic N) is 3. The zero-order valence-corrected chi connectivity index (χ0v) is 16.6. The van der Waals surface area contributed by atoms with E-state index in [2.05, 4.69) is 16.8 Å². The molecular weight excluding hydrogens is 356 g/mol. The summed E-state index contributed by atoms with van der Waals surface area (Å²) < 4.78 is 11.2. The second kappa shape index (κ2) is 9.30. The van der Waals surface area contributed by atoms with Crippen LogP contribution in [0.1, 0.15) is 30.1 Å². The lowest BCUT2D eigenvalue weighted by Gasteiger charge is -2.35. The number of hydrogen-bond acceptors (Lipinski definition) is 6. The molecule has 0 atom stereocenters. The van der Waals surface area contributed by atoms with Gasteiger partial charge in [0.15, 0.2) is 11.5 Å². The smallest absolute Gasteiger partial charge is 0.256 e. The molecule has 2 N–H and O–H groups in total. The van der Waals surface area contributed by atoms with Crippen molar-refractivity contribution in [2.75, 3.05) is 50.5 Å². The number of nitrogens with two attached hydrogens (primary N) is 1. The molecule has 1 aromatic carbocycles. The van der Waals surface area contributed by atoms with Gasteiger partial charge in [-0.05, 0) is 24.6 Å². The summed E-state index contributed by atoms with van der Waals surface area (Å²) in [5.41, 5.74) is 7.03. The summed E-state index contributed by atoms with van der Waals surface area (Å²) in [5, 5.41) is 0. The fourth-order valence-electron chi connectivity index (χ4n) is 3.21. The van der Waals surface area contributed by atoms with E-state index < -0.39 is 0 Å². The minimum Gasteiger partial charge on any atom is -0.493 e. The molecule has 0 radical (unpaired) electrons. The molecule has 1 saturated heterocycles. The second-order valence-electron chi connectivity index (χ2n) is 6.76. The normalized spacial score (nSPS) is 14.1. The summed E-state index contributed by atoms with van der Waals surface area (Å²) in [6.07, 6.45) is 3.77. The predicted octanol–water partition coefficient (Wildman–Crippen LogP) is 2.81. The average Bonchev–Trinajstić information content (AvgIpc) is 2.74. The Kier molecular flexibility index (Phi) is 6.57. The van der Waals surface area contributed by atoms with Gasteiger partial charge in [0.2, 0.25) is 0 Å². The van der Waals surface area contributed by atoms with Gasteiger partial charge in [0.05, 0.1) is 19.3 Å². The van der Waals surface area contributed by atoms with Crippen molar-refractivity contribution in [2.24, 2.45) is 0 Å². The van der Waals surface area contributed by atoms with Crippen LogP contribution in [0.5, 0.6) is 11.5 Å². The molecule has 1 fully saturated rings. The molecule has 0 spiro atoms. The van der Waals surface area contributed by atoms with Gasteiger partial charge in [0, 0.05) is 44.1 Å². The fourth-order valence-corrected chi connectivity index (χ4v) is 3.21. The van der Waals surface area contributed by atoms with Gasteiger partial charge in [0.1, 0.15) is 5.82 Å². The van der Waals surface area contributed by atoms with Gasteiger partial charge in [-0.1, -0.05) is 19.4 Å². The van der Waals surface area contributed by atoms with Crippen LogP contribution in [-0.2, 0) is 0 Å². The first-order valence-corrected chi connectivity index (χ1v) is 9.69. The molecule has 28 heavy (non-hydrogen) atoms. The maximum absolute atomic E-state index is 13.0. The first-order valence-electron chi connectivity index (χ1n) is 9.69. The van der Waals surface area contributed by atoms with Crippen molar-refractivity contribution in [3.05, 3.63) is 42.1 Å². The molecule has 1 aromatic heterocycles. The van der Waals surface area contributed by atoms with E-state index >= 15 is 0 Å². The molecule has 7 heteroatoms. The van der Waals surface area contributed by atoms with Crippen molar-refractivity contribution in [1.29, 1.82) is 0 Å². The SMILES string of the molecule is CCCCOc1cc(N)c(C(=O)N2CCN(c3ccccn3)CC2)cc1OC. The zero-order valence-electron chi connectivity index (χ0n) is 16.6. The zero-order chi connectivity index (χ0) is 19.9. The molecule has 2 aromatic rings. The number of nitrogen functional groups attached to an aromatic ring is 1. The number of pyridine rings is 1. The monoisotopic (exact) mass is 384 g/mol. The van der Waals surface area contributed by atoms with Crippen molar-refractivity contribution in [2.45, 2.75) is 19.8 Å². The van der Waals surface area contributed by atoms with E-state index in [1.165, 1.54) is 0 Å². The molecule has 1 aliphatic heterocycles. The van der Waals surface area contributed by atoms with Crippen LogP contribution in [0.4, 0.5) is 11.5 Å². The fraction of sp³-hybridized carbons (Fsp3) is 0.429. The third-order valence-electron chi connectivity index (χ3n) is 4.86. The highest BCUT2D eigenvalue weighted by Gasteiger charge is 2.25. The molecule has 1 aliphatic rings. The molecule has 1 amide bonds. The molecule has 0 aliphatic carbocycles. The van der Waals surface area contributed by atoms with Gasteiger partial charge < -0.3 is 25.0 Å². The van der Waals surface area contributed by atoms with E-state index in [0.717, 1.165) is 31.7 Å². The van der Waals surface area contributed by atoms with Crippen molar-refractivity contribution >= 4 is 17.4 Å². The Morgan fingerprint density at radius 3 is 2.61 bits per heavy atom. The van der Waals surface area contributed by atoms with Crippen LogP contribution < -0.4 is 20.1 Å². The number of piperazine rings is 1. The average molecular weight is 384 g/mol. The van der Waals surface area contributed by atoms with Crippen LogP contribution >= 0.6 is 0 Å². The number of aromatic nitrogens is 1. The summed E-state index contributed by atoms with van der Waals surface area (Å²) in [6, 6.07) is 9.22. The van der Waals surface area contributed by atoms with Gasteiger partial charge in [-0.25, -0.2) is 4.98 Å². The first-order chi connectivity index (χ1) is 13.6. The van der Waals surface area contributed by atoms with E-state index in [4.69, 9.17) is 15.2 Å².